The first-order valence-electron chi connectivity index (χ1n) is 9.68. The van der Waals surface area contributed by atoms with Gasteiger partial charge >= 0.3 is 0 Å². The van der Waals surface area contributed by atoms with E-state index in [2.05, 4.69) is 37.4 Å². The highest BCUT2D eigenvalue weighted by Gasteiger charge is 2.25. The number of hydrogen-bond donors (Lipinski definition) is 1. The zero-order valence-electron chi connectivity index (χ0n) is 15.7. The van der Waals surface area contributed by atoms with Crippen LogP contribution in [0.3, 0.4) is 0 Å². The standard InChI is InChI=1S/C21H27N3OS/c1-14-7-9-17(11-15(14)2)24-21(18-12-26-13-19(18)23-24)22-20(25)10-8-16-5-3-4-6-16/h7,9,11,16H,3-6,8,10,12-13H2,1-2H3,(H,22,25). The Morgan fingerprint density at radius 3 is 2.81 bits per heavy atom. The molecule has 0 radical (unpaired) electrons. The number of carbonyl (C=O) groups is 1. The Morgan fingerprint density at radius 2 is 2.04 bits per heavy atom. The van der Waals surface area contributed by atoms with Crippen LogP contribution in [0, 0.1) is 19.8 Å². The smallest absolute Gasteiger partial charge is 0.225 e. The van der Waals surface area contributed by atoms with Crippen molar-refractivity contribution in [1.29, 1.82) is 0 Å². The number of carbonyl (C=O) groups excluding carboxylic acids is 1. The van der Waals surface area contributed by atoms with Crippen molar-refractivity contribution in [3.8, 4) is 5.69 Å². The maximum absolute atomic E-state index is 12.6. The molecule has 1 aliphatic carbocycles. The molecule has 1 amide bonds. The van der Waals surface area contributed by atoms with Crippen molar-refractivity contribution in [2.24, 2.45) is 5.92 Å². The average Bonchev–Trinajstić information content (AvgIpc) is 3.34. The third-order valence-electron chi connectivity index (χ3n) is 5.80. The van der Waals surface area contributed by atoms with Crippen molar-refractivity contribution in [2.75, 3.05) is 5.32 Å². The van der Waals surface area contributed by atoms with Crippen molar-refractivity contribution in [3.63, 3.8) is 0 Å². The predicted octanol–water partition coefficient (Wildman–Crippen LogP) is 5.14. The van der Waals surface area contributed by atoms with Crippen LogP contribution < -0.4 is 5.32 Å². The molecule has 0 bridgehead atoms. The SMILES string of the molecule is Cc1ccc(-n2nc3c(c2NC(=O)CCC2CCCC2)CSC3)cc1C. The molecule has 0 unspecified atom stereocenters. The quantitative estimate of drug-likeness (QED) is 0.793. The van der Waals surface area contributed by atoms with Crippen LogP contribution >= 0.6 is 11.8 Å². The van der Waals surface area contributed by atoms with Crippen molar-refractivity contribution >= 4 is 23.5 Å². The molecular formula is C21H27N3OS. The van der Waals surface area contributed by atoms with Crippen LogP contribution in [0.4, 0.5) is 5.82 Å². The average molecular weight is 370 g/mol. The second-order valence-electron chi connectivity index (χ2n) is 7.68. The monoisotopic (exact) mass is 369 g/mol. The molecule has 1 N–H and O–H groups in total. The number of amides is 1. The van der Waals surface area contributed by atoms with Crippen molar-refractivity contribution in [1.82, 2.24) is 9.78 Å². The fraction of sp³-hybridized carbons (Fsp3) is 0.524. The molecule has 1 aliphatic heterocycles. The number of anilines is 1. The highest BCUT2D eigenvalue weighted by Crippen LogP contribution is 2.36. The molecule has 138 valence electrons. The Kier molecular flexibility index (Phi) is 5.07. The third-order valence-corrected chi connectivity index (χ3v) is 6.77. The fourth-order valence-electron chi connectivity index (χ4n) is 4.01. The minimum absolute atomic E-state index is 0.126. The first-order chi connectivity index (χ1) is 12.6. The number of thioether (sulfide) groups is 1. The van der Waals surface area contributed by atoms with Gasteiger partial charge in [-0.1, -0.05) is 31.7 Å². The summed E-state index contributed by atoms with van der Waals surface area (Å²) in [4.78, 5) is 12.6. The van der Waals surface area contributed by atoms with Gasteiger partial charge in [-0.25, -0.2) is 4.68 Å². The fourth-order valence-corrected chi connectivity index (χ4v) is 5.05. The second-order valence-corrected chi connectivity index (χ2v) is 8.67. The number of hydrogen-bond acceptors (Lipinski definition) is 3. The van der Waals surface area contributed by atoms with E-state index in [9.17, 15) is 4.79 Å². The van der Waals surface area contributed by atoms with E-state index in [1.165, 1.54) is 42.4 Å². The Bertz CT molecular complexity index is 821. The van der Waals surface area contributed by atoms with E-state index in [0.29, 0.717) is 6.42 Å². The summed E-state index contributed by atoms with van der Waals surface area (Å²) in [7, 11) is 0. The molecule has 2 aromatic rings. The maximum Gasteiger partial charge on any atom is 0.225 e. The number of fused-ring (bicyclic) bond motifs is 1. The van der Waals surface area contributed by atoms with Crippen LogP contribution in [0.5, 0.6) is 0 Å². The zero-order chi connectivity index (χ0) is 18.1. The number of rotatable bonds is 5. The van der Waals surface area contributed by atoms with Gasteiger partial charge in [0, 0.05) is 23.5 Å². The summed E-state index contributed by atoms with van der Waals surface area (Å²) in [6.45, 7) is 4.23. The molecule has 0 spiro atoms. The molecule has 26 heavy (non-hydrogen) atoms. The Hall–Kier alpha value is -1.75. The van der Waals surface area contributed by atoms with Crippen LogP contribution in [0.15, 0.2) is 18.2 Å². The minimum atomic E-state index is 0.126. The van der Waals surface area contributed by atoms with Crippen LogP contribution in [-0.4, -0.2) is 15.7 Å². The lowest BCUT2D eigenvalue weighted by atomic mass is 10.0. The van der Waals surface area contributed by atoms with E-state index in [0.717, 1.165) is 41.0 Å². The lowest BCUT2D eigenvalue weighted by Crippen LogP contribution is -2.16. The molecule has 0 saturated heterocycles. The van der Waals surface area contributed by atoms with E-state index in [1.54, 1.807) is 0 Å². The topological polar surface area (TPSA) is 46.9 Å². The number of aromatic nitrogens is 2. The largest absolute Gasteiger partial charge is 0.310 e. The van der Waals surface area contributed by atoms with Crippen molar-refractivity contribution < 1.29 is 4.79 Å². The van der Waals surface area contributed by atoms with Gasteiger partial charge in [-0.15, -0.1) is 0 Å². The van der Waals surface area contributed by atoms with Crippen molar-refractivity contribution in [3.05, 3.63) is 40.6 Å². The van der Waals surface area contributed by atoms with Gasteiger partial charge in [0.15, 0.2) is 0 Å². The summed E-state index contributed by atoms with van der Waals surface area (Å²) < 4.78 is 1.93. The molecule has 1 saturated carbocycles. The minimum Gasteiger partial charge on any atom is -0.310 e. The molecule has 2 aliphatic rings. The van der Waals surface area contributed by atoms with Gasteiger partial charge in [0.1, 0.15) is 5.82 Å². The normalized spacial score (nSPS) is 16.8. The molecule has 1 fully saturated rings. The van der Waals surface area contributed by atoms with Gasteiger partial charge in [0.05, 0.1) is 11.4 Å². The summed E-state index contributed by atoms with van der Waals surface area (Å²) in [6.07, 6.45) is 6.87. The van der Waals surface area contributed by atoms with E-state index in [-0.39, 0.29) is 5.91 Å². The first kappa shape index (κ1) is 17.7. The second kappa shape index (κ2) is 7.47. The van der Waals surface area contributed by atoms with Gasteiger partial charge in [-0.2, -0.15) is 16.9 Å². The van der Waals surface area contributed by atoms with E-state index in [1.807, 2.05) is 16.4 Å². The first-order valence-corrected chi connectivity index (χ1v) is 10.8. The summed E-state index contributed by atoms with van der Waals surface area (Å²) >= 11 is 1.87. The summed E-state index contributed by atoms with van der Waals surface area (Å²) in [5.74, 6) is 3.61. The van der Waals surface area contributed by atoms with Gasteiger partial charge in [0.25, 0.3) is 0 Å². The van der Waals surface area contributed by atoms with Gasteiger partial charge < -0.3 is 5.32 Å². The Morgan fingerprint density at radius 1 is 1.23 bits per heavy atom. The molecule has 4 rings (SSSR count). The van der Waals surface area contributed by atoms with E-state index >= 15 is 0 Å². The van der Waals surface area contributed by atoms with Crippen molar-refractivity contribution in [2.45, 2.75) is 63.9 Å². The van der Waals surface area contributed by atoms with Gasteiger partial charge in [-0.05, 0) is 49.4 Å². The molecule has 0 atom stereocenters. The highest BCUT2D eigenvalue weighted by molar-refractivity contribution is 7.98. The third kappa shape index (κ3) is 3.54. The Labute approximate surface area is 159 Å². The van der Waals surface area contributed by atoms with Crippen LogP contribution in [0.25, 0.3) is 5.69 Å². The number of aryl methyl sites for hydroxylation is 2. The predicted molar refractivity (Wildman–Crippen MR) is 108 cm³/mol. The van der Waals surface area contributed by atoms with Crippen LogP contribution in [0.1, 0.15) is 60.9 Å². The number of nitrogens with one attached hydrogen (secondary N) is 1. The van der Waals surface area contributed by atoms with Crippen LogP contribution in [-0.2, 0) is 16.3 Å². The maximum atomic E-state index is 12.6. The van der Waals surface area contributed by atoms with E-state index < -0.39 is 0 Å². The van der Waals surface area contributed by atoms with E-state index in [4.69, 9.17) is 5.10 Å². The molecule has 4 nitrogen and oxygen atoms in total. The zero-order valence-corrected chi connectivity index (χ0v) is 16.5. The number of nitrogens with zero attached hydrogens (tertiary/aromatic N) is 2. The summed E-state index contributed by atoms with van der Waals surface area (Å²) in [5, 5.41) is 8.00. The Balaban J connectivity index is 1.56. The van der Waals surface area contributed by atoms with Gasteiger partial charge in [0.2, 0.25) is 5.91 Å². The number of benzene rings is 1. The van der Waals surface area contributed by atoms with Gasteiger partial charge in [-0.3, -0.25) is 4.79 Å². The molecule has 5 heteroatoms. The summed E-state index contributed by atoms with van der Waals surface area (Å²) in [6, 6.07) is 6.36. The summed E-state index contributed by atoms with van der Waals surface area (Å²) in [5.41, 5.74) is 5.84. The molecule has 1 aromatic carbocycles. The van der Waals surface area contributed by atoms with Crippen LogP contribution in [0.2, 0.25) is 0 Å². The molecule has 1 aromatic heterocycles. The molecular weight excluding hydrogens is 342 g/mol. The lowest BCUT2D eigenvalue weighted by Gasteiger charge is -2.13. The lowest BCUT2D eigenvalue weighted by molar-refractivity contribution is -0.116. The molecule has 2 heterocycles. The highest BCUT2D eigenvalue weighted by atomic mass is 32.2.